The fraction of sp³-hybridized carbons (Fsp3) is 0.349. The maximum Gasteiger partial charge on any atom is 0.198 e. The molecular formula is C43H53N5O3. The highest BCUT2D eigenvalue weighted by molar-refractivity contribution is 5.78. The van der Waals surface area contributed by atoms with Gasteiger partial charge in [-0.25, -0.2) is 15.0 Å². The van der Waals surface area contributed by atoms with E-state index in [0.717, 1.165) is 56.5 Å². The third kappa shape index (κ3) is 9.94. The SMILES string of the molecule is C.CC(C)c1ccc2[nH]ncc2c1.CC(C)c1nc2ccccc2o1.Cc1ccc2oc(C(C)C)nc2c1.Cc1ccc2oc(C(C)C)nc2c1. The Hall–Kier alpha value is -5.24. The van der Waals surface area contributed by atoms with Gasteiger partial charge in [0, 0.05) is 23.1 Å². The molecule has 0 bridgehead atoms. The predicted molar refractivity (Wildman–Crippen MR) is 211 cm³/mol. The van der Waals surface area contributed by atoms with Gasteiger partial charge in [-0.05, 0) is 85.0 Å². The van der Waals surface area contributed by atoms with E-state index in [1.807, 2.05) is 66.9 Å². The van der Waals surface area contributed by atoms with Gasteiger partial charge in [-0.15, -0.1) is 0 Å². The van der Waals surface area contributed by atoms with Gasteiger partial charge in [0.25, 0.3) is 0 Å². The van der Waals surface area contributed by atoms with Crippen molar-refractivity contribution < 1.29 is 13.3 Å². The van der Waals surface area contributed by atoms with E-state index < -0.39 is 0 Å². The third-order valence-corrected chi connectivity index (χ3v) is 8.04. The van der Waals surface area contributed by atoms with Crippen LogP contribution in [0.4, 0.5) is 0 Å². The highest BCUT2D eigenvalue weighted by atomic mass is 16.4. The number of rotatable bonds is 4. The van der Waals surface area contributed by atoms with E-state index in [-0.39, 0.29) is 7.43 Å². The molecule has 0 saturated carbocycles. The monoisotopic (exact) mass is 687 g/mol. The Kier molecular flexibility index (Phi) is 12.9. The highest BCUT2D eigenvalue weighted by Gasteiger charge is 2.10. The molecule has 4 heterocycles. The largest absolute Gasteiger partial charge is 0.440 e. The van der Waals surface area contributed by atoms with Crippen LogP contribution in [-0.2, 0) is 0 Å². The van der Waals surface area contributed by atoms with Crippen LogP contribution in [-0.4, -0.2) is 25.1 Å². The van der Waals surface area contributed by atoms with Crippen molar-refractivity contribution in [2.75, 3.05) is 0 Å². The van der Waals surface area contributed by atoms with Gasteiger partial charge in [-0.1, -0.05) is 93.1 Å². The molecule has 0 amide bonds. The lowest BCUT2D eigenvalue weighted by Gasteiger charge is -2.03. The van der Waals surface area contributed by atoms with Gasteiger partial charge in [0.05, 0.1) is 11.7 Å². The lowest BCUT2D eigenvalue weighted by Crippen LogP contribution is -1.85. The smallest absolute Gasteiger partial charge is 0.198 e. The number of aromatic nitrogens is 5. The van der Waals surface area contributed by atoms with Crippen LogP contribution in [0.25, 0.3) is 44.2 Å². The summed E-state index contributed by atoms with van der Waals surface area (Å²) in [5.74, 6) is 4.11. The second kappa shape index (κ2) is 17.1. The average molecular weight is 688 g/mol. The third-order valence-electron chi connectivity index (χ3n) is 8.04. The molecular weight excluding hydrogens is 635 g/mol. The molecule has 1 N–H and O–H groups in total. The van der Waals surface area contributed by atoms with Gasteiger partial charge >= 0.3 is 0 Å². The topological polar surface area (TPSA) is 107 Å². The molecule has 0 aliphatic carbocycles. The zero-order valence-electron chi connectivity index (χ0n) is 30.9. The van der Waals surface area contributed by atoms with Crippen LogP contribution in [0.2, 0.25) is 0 Å². The Bertz CT molecular complexity index is 2160. The Morgan fingerprint density at radius 2 is 0.980 bits per heavy atom. The minimum Gasteiger partial charge on any atom is -0.440 e. The van der Waals surface area contributed by atoms with Gasteiger partial charge in [0.1, 0.15) is 16.6 Å². The van der Waals surface area contributed by atoms with E-state index in [0.29, 0.717) is 23.7 Å². The number of benzene rings is 4. The first-order valence-corrected chi connectivity index (χ1v) is 17.4. The zero-order chi connectivity index (χ0) is 35.9. The van der Waals surface area contributed by atoms with Gasteiger partial charge in [-0.3, -0.25) is 5.10 Å². The molecule has 51 heavy (non-hydrogen) atoms. The molecule has 8 nitrogen and oxygen atoms in total. The molecule has 0 aliphatic heterocycles. The molecule has 0 aliphatic rings. The van der Waals surface area contributed by atoms with Crippen LogP contribution in [0.15, 0.2) is 98.3 Å². The van der Waals surface area contributed by atoms with E-state index in [1.165, 1.54) is 22.1 Å². The summed E-state index contributed by atoms with van der Waals surface area (Å²) >= 11 is 0. The summed E-state index contributed by atoms with van der Waals surface area (Å²) < 4.78 is 16.7. The molecule has 8 aromatic rings. The number of para-hydroxylation sites is 2. The van der Waals surface area contributed by atoms with Crippen LogP contribution in [0.1, 0.15) is 121 Å². The van der Waals surface area contributed by atoms with E-state index >= 15 is 0 Å². The van der Waals surface area contributed by atoms with Crippen LogP contribution < -0.4 is 0 Å². The molecule has 8 rings (SSSR count). The highest BCUT2D eigenvalue weighted by Crippen LogP contribution is 2.24. The number of nitrogens with zero attached hydrogens (tertiary/aromatic N) is 4. The molecule has 0 saturated heterocycles. The molecule has 0 fully saturated rings. The minimum atomic E-state index is 0. The number of hydrogen-bond donors (Lipinski definition) is 1. The van der Waals surface area contributed by atoms with E-state index in [9.17, 15) is 0 Å². The summed E-state index contributed by atoms with van der Waals surface area (Å²) in [7, 11) is 0. The van der Waals surface area contributed by atoms with Gasteiger partial charge in [0.15, 0.2) is 34.4 Å². The summed E-state index contributed by atoms with van der Waals surface area (Å²) in [5.41, 5.74) is 10.4. The first kappa shape index (κ1) is 38.6. The summed E-state index contributed by atoms with van der Waals surface area (Å²) in [5, 5.41) is 8.11. The molecule has 0 radical (unpaired) electrons. The molecule has 0 spiro atoms. The fourth-order valence-electron chi connectivity index (χ4n) is 5.06. The number of nitrogens with one attached hydrogen (secondary N) is 1. The van der Waals surface area contributed by atoms with E-state index in [4.69, 9.17) is 13.3 Å². The van der Waals surface area contributed by atoms with Gasteiger partial charge in [0.2, 0.25) is 0 Å². The number of H-pyrrole nitrogens is 1. The van der Waals surface area contributed by atoms with Crippen molar-refractivity contribution in [3.63, 3.8) is 0 Å². The molecule has 4 aromatic heterocycles. The quantitative estimate of drug-likeness (QED) is 0.196. The molecule has 268 valence electrons. The van der Waals surface area contributed by atoms with Crippen LogP contribution in [0, 0.1) is 13.8 Å². The first-order chi connectivity index (χ1) is 23.9. The second-order valence-electron chi connectivity index (χ2n) is 13.9. The average Bonchev–Trinajstić information content (AvgIpc) is 3.89. The minimum absolute atomic E-state index is 0. The summed E-state index contributed by atoms with van der Waals surface area (Å²) in [6.45, 7) is 21.0. The standard InChI is InChI=1S/2C11H13NO.C10H12N2.C10H11NO.CH4/c2*1-7(2)11-12-9-6-8(3)4-5-10(9)13-11;1-7(2)8-3-4-10-9(5-8)6-11-12-10;1-7(2)10-11-8-5-3-4-6-9(8)12-10;/h2*4-7H,1-3H3;3-7H,1-2H3,(H,11,12);3-7H,1-2H3;1H4. The normalized spacial score (nSPS) is 11.1. The first-order valence-electron chi connectivity index (χ1n) is 17.4. The molecule has 8 heteroatoms. The number of hydrogen-bond acceptors (Lipinski definition) is 7. The fourth-order valence-corrected chi connectivity index (χ4v) is 5.06. The summed E-state index contributed by atoms with van der Waals surface area (Å²) in [6, 6.07) is 26.4. The molecule has 4 aromatic carbocycles. The van der Waals surface area contributed by atoms with Crippen molar-refractivity contribution in [2.45, 2.75) is 100 Å². The molecule has 0 atom stereocenters. The van der Waals surface area contributed by atoms with Gasteiger partial charge < -0.3 is 13.3 Å². The lowest BCUT2D eigenvalue weighted by atomic mass is 10.0. The lowest BCUT2D eigenvalue weighted by molar-refractivity contribution is 0.501. The van der Waals surface area contributed by atoms with E-state index in [1.54, 1.807) is 0 Å². The maximum atomic E-state index is 5.57. The Morgan fingerprint density at radius 3 is 1.45 bits per heavy atom. The van der Waals surface area contributed by atoms with Crippen molar-refractivity contribution in [2.24, 2.45) is 0 Å². The maximum absolute atomic E-state index is 5.57. The Balaban J connectivity index is 0.000000152. The van der Waals surface area contributed by atoms with E-state index in [2.05, 4.69) is 113 Å². The van der Waals surface area contributed by atoms with Gasteiger partial charge in [-0.2, -0.15) is 5.10 Å². The Morgan fingerprint density at radius 1 is 0.510 bits per heavy atom. The van der Waals surface area contributed by atoms with Crippen molar-refractivity contribution in [1.82, 2.24) is 25.1 Å². The van der Waals surface area contributed by atoms with Crippen molar-refractivity contribution in [3.8, 4) is 0 Å². The van der Waals surface area contributed by atoms with Crippen LogP contribution >= 0.6 is 0 Å². The molecule has 0 unspecified atom stereocenters. The Labute approximate surface area is 301 Å². The zero-order valence-corrected chi connectivity index (χ0v) is 30.9. The summed E-state index contributed by atoms with van der Waals surface area (Å²) in [6.07, 6.45) is 1.86. The summed E-state index contributed by atoms with van der Waals surface area (Å²) in [4.78, 5) is 13.2. The number of aromatic amines is 1. The number of aryl methyl sites for hydroxylation is 2. The second-order valence-corrected chi connectivity index (χ2v) is 13.9. The predicted octanol–water partition coefficient (Wildman–Crippen LogP) is 12.8. The van der Waals surface area contributed by atoms with Crippen molar-refractivity contribution >= 4 is 44.2 Å². The number of oxazole rings is 3. The van der Waals surface area contributed by atoms with Crippen molar-refractivity contribution in [3.05, 3.63) is 119 Å². The van der Waals surface area contributed by atoms with Crippen LogP contribution in [0.3, 0.4) is 0 Å². The van der Waals surface area contributed by atoms with Crippen molar-refractivity contribution in [1.29, 1.82) is 0 Å². The van der Waals surface area contributed by atoms with Crippen LogP contribution in [0.5, 0.6) is 0 Å². The number of fused-ring (bicyclic) bond motifs is 4.